The van der Waals surface area contributed by atoms with Gasteiger partial charge in [-0.1, -0.05) is 12.1 Å². The fraction of sp³-hybridized carbons (Fsp3) is 0.222. The zero-order valence-corrected chi connectivity index (χ0v) is 23.3. The number of benzene rings is 3. The Labute approximate surface area is 233 Å². The van der Waals surface area contributed by atoms with Crippen molar-refractivity contribution in [2.24, 2.45) is 5.73 Å². The SMILES string of the molecule is COc1ccc(C(Nc2cccc(C(N)=O)c2)C(=O)NCc2cc(NC(=O)N(C)C)ccc2[SH](=O)=O)cc1OC. The van der Waals surface area contributed by atoms with E-state index in [1.165, 1.54) is 43.4 Å². The molecule has 1 unspecified atom stereocenters. The van der Waals surface area contributed by atoms with E-state index in [-0.39, 0.29) is 22.6 Å². The Bertz CT molecular complexity index is 1480. The maximum absolute atomic E-state index is 13.6. The summed E-state index contributed by atoms with van der Waals surface area (Å²) in [7, 11) is 3.12. The number of nitrogens with two attached hydrogens (primary N) is 1. The summed E-state index contributed by atoms with van der Waals surface area (Å²) in [5.74, 6) is -0.287. The molecule has 0 aromatic heterocycles. The molecule has 0 fully saturated rings. The Kier molecular flexibility index (Phi) is 9.92. The fourth-order valence-corrected chi connectivity index (χ4v) is 4.34. The number of anilines is 2. The van der Waals surface area contributed by atoms with Crippen LogP contribution in [0.5, 0.6) is 11.5 Å². The number of amides is 4. The molecule has 0 heterocycles. The molecular weight excluding hydrogens is 538 g/mol. The molecule has 4 amide bonds. The molecule has 3 aromatic carbocycles. The van der Waals surface area contributed by atoms with Crippen LogP contribution in [-0.2, 0) is 22.0 Å². The number of ether oxygens (including phenoxy) is 2. The average Bonchev–Trinajstić information content (AvgIpc) is 2.94. The van der Waals surface area contributed by atoms with E-state index in [2.05, 4.69) is 16.0 Å². The number of thiol groups is 1. The topological polar surface area (TPSA) is 169 Å². The fourth-order valence-electron chi connectivity index (χ4n) is 3.76. The first kappa shape index (κ1) is 29.8. The number of carbonyl (C=O) groups is 3. The third-order valence-corrected chi connectivity index (χ3v) is 6.68. The minimum atomic E-state index is -2.98. The highest BCUT2D eigenvalue weighted by Crippen LogP contribution is 2.31. The monoisotopic (exact) mass is 569 g/mol. The van der Waals surface area contributed by atoms with Crippen molar-refractivity contribution >= 4 is 39.9 Å². The summed E-state index contributed by atoms with van der Waals surface area (Å²) < 4.78 is 34.4. The van der Waals surface area contributed by atoms with Crippen LogP contribution in [0.25, 0.3) is 0 Å². The summed E-state index contributed by atoms with van der Waals surface area (Å²) >= 11 is 0. The molecule has 0 aliphatic heterocycles. The molecule has 0 saturated heterocycles. The highest BCUT2D eigenvalue weighted by molar-refractivity contribution is 7.72. The van der Waals surface area contributed by atoms with E-state index in [1.807, 2.05) is 0 Å². The summed E-state index contributed by atoms with van der Waals surface area (Å²) in [6.45, 7) is -0.157. The Morgan fingerprint density at radius 1 is 0.925 bits per heavy atom. The van der Waals surface area contributed by atoms with E-state index in [9.17, 15) is 22.8 Å². The third-order valence-electron chi connectivity index (χ3n) is 5.85. The Morgan fingerprint density at radius 2 is 1.65 bits per heavy atom. The second kappa shape index (κ2) is 13.3. The van der Waals surface area contributed by atoms with Gasteiger partial charge in [-0.15, -0.1) is 0 Å². The second-order valence-corrected chi connectivity index (χ2v) is 9.78. The number of nitrogens with one attached hydrogen (secondary N) is 3. The Morgan fingerprint density at radius 3 is 2.27 bits per heavy atom. The van der Waals surface area contributed by atoms with Gasteiger partial charge in [-0.2, -0.15) is 0 Å². The molecule has 0 aliphatic carbocycles. The van der Waals surface area contributed by atoms with E-state index >= 15 is 0 Å². The molecule has 13 heteroatoms. The quantitative estimate of drug-likeness (QED) is 0.219. The van der Waals surface area contributed by atoms with Gasteiger partial charge in [0.1, 0.15) is 6.04 Å². The van der Waals surface area contributed by atoms with E-state index in [0.29, 0.717) is 28.4 Å². The zero-order valence-electron chi connectivity index (χ0n) is 22.4. The first-order valence-electron chi connectivity index (χ1n) is 12.0. The van der Waals surface area contributed by atoms with E-state index in [4.69, 9.17) is 15.2 Å². The lowest BCUT2D eigenvalue weighted by Gasteiger charge is -2.22. The first-order chi connectivity index (χ1) is 19.0. The van der Waals surface area contributed by atoms with Crippen LogP contribution in [0.2, 0.25) is 0 Å². The van der Waals surface area contributed by atoms with Crippen molar-refractivity contribution in [3.05, 3.63) is 77.4 Å². The van der Waals surface area contributed by atoms with E-state index in [1.54, 1.807) is 50.5 Å². The predicted molar refractivity (Wildman–Crippen MR) is 150 cm³/mol. The van der Waals surface area contributed by atoms with Crippen LogP contribution in [-0.4, -0.2) is 59.5 Å². The molecule has 40 heavy (non-hydrogen) atoms. The van der Waals surface area contributed by atoms with Gasteiger partial charge in [-0.3, -0.25) is 9.59 Å². The molecule has 5 N–H and O–H groups in total. The number of carbonyl (C=O) groups excluding carboxylic acids is 3. The summed E-state index contributed by atoms with van der Waals surface area (Å²) in [6.07, 6.45) is 0. The normalized spacial score (nSPS) is 11.3. The van der Waals surface area contributed by atoms with Crippen molar-refractivity contribution < 1.29 is 32.3 Å². The summed E-state index contributed by atoms with van der Waals surface area (Å²) in [5.41, 5.74) is 7.25. The van der Waals surface area contributed by atoms with Crippen molar-refractivity contribution in [2.75, 3.05) is 38.9 Å². The van der Waals surface area contributed by atoms with Crippen LogP contribution in [0.4, 0.5) is 16.2 Å². The van der Waals surface area contributed by atoms with Crippen molar-refractivity contribution in [1.29, 1.82) is 0 Å². The lowest BCUT2D eigenvalue weighted by Crippen LogP contribution is -2.33. The number of hydrogen-bond donors (Lipinski definition) is 5. The molecule has 0 spiro atoms. The summed E-state index contributed by atoms with van der Waals surface area (Å²) in [6, 6.07) is 14.2. The van der Waals surface area contributed by atoms with Crippen molar-refractivity contribution in [2.45, 2.75) is 17.5 Å². The lowest BCUT2D eigenvalue weighted by atomic mass is 10.0. The number of urea groups is 1. The number of hydrogen-bond acceptors (Lipinski definition) is 8. The molecule has 0 bridgehead atoms. The van der Waals surface area contributed by atoms with Crippen LogP contribution < -0.4 is 31.2 Å². The van der Waals surface area contributed by atoms with Crippen LogP contribution in [0.15, 0.2) is 65.6 Å². The van der Waals surface area contributed by atoms with Crippen LogP contribution in [0.1, 0.15) is 27.5 Å². The van der Waals surface area contributed by atoms with Gasteiger partial charge in [-0.05, 0) is 59.7 Å². The second-order valence-electron chi connectivity index (χ2n) is 8.78. The molecule has 0 radical (unpaired) electrons. The highest BCUT2D eigenvalue weighted by atomic mass is 32.2. The predicted octanol–water partition coefficient (Wildman–Crippen LogP) is 2.34. The minimum Gasteiger partial charge on any atom is -0.493 e. The van der Waals surface area contributed by atoms with Gasteiger partial charge < -0.3 is 36.1 Å². The van der Waals surface area contributed by atoms with Crippen molar-refractivity contribution in [3.63, 3.8) is 0 Å². The molecular formula is C27H31N5O7S. The van der Waals surface area contributed by atoms with Gasteiger partial charge in [0.15, 0.2) is 22.2 Å². The number of rotatable bonds is 11. The highest BCUT2D eigenvalue weighted by Gasteiger charge is 2.23. The molecule has 0 aliphatic rings. The molecule has 0 saturated carbocycles. The lowest BCUT2D eigenvalue weighted by molar-refractivity contribution is -0.122. The van der Waals surface area contributed by atoms with Crippen LogP contribution in [0, 0.1) is 0 Å². The molecule has 3 rings (SSSR count). The molecule has 1 atom stereocenters. The Hall–Kier alpha value is -4.78. The molecule has 3 aromatic rings. The molecule has 12 nitrogen and oxygen atoms in total. The standard InChI is InChI=1S/C27H31N5O7S/c1-32(2)27(35)31-20-9-11-23(40(36)37)18(13-20)15-29-26(34)24(16-8-10-21(38-3)22(14-16)39-4)30-19-7-5-6-17(12-19)25(28)33/h5-14,24,30,40H,15H2,1-4H3,(H2,28,33)(H,29,34)(H,31,35). The van der Waals surface area contributed by atoms with Crippen LogP contribution >= 0.6 is 0 Å². The van der Waals surface area contributed by atoms with Crippen LogP contribution in [0.3, 0.4) is 0 Å². The van der Waals surface area contributed by atoms with E-state index < -0.39 is 34.6 Å². The smallest absolute Gasteiger partial charge is 0.321 e. The summed E-state index contributed by atoms with van der Waals surface area (Å²) in [5, 5.41) is 8.53. The van der Waals surface area contributed by atoms with Gasteiger partial charge in [0, 0.05) is 37.6 Å². The van der Waals surface area contributed by atoms with Gasteiger partial charge >= 0.3 is 6.03 Å². The van der Waals surface area contributed by atoms with Gasteiger partial charge in [0.25, 0.3) is 0 Å². The third kappa shape index (κ3) is 7.41. The van der Waals surface area contributed by atoms with Gasteiger partial charge in [0.05, 0.1) is 19.1 Å². The summed E-state index contributed by atoms with van der Waals surface area (Å²) in [4.78, 5) is 38.6. The van der Waals surface area contributed by atoms with Crippen molar-refractivity contribution in [3.8, 4) is 11.5 Å². The largest absolute Gasteiger partial charge is 0.493 e. The van der Waals surface area contributed by atoms with Crippen molar-refractivity contribution in [1.82, 2.24) is 10.2 Å². The Balaban J connectivity index is 1.95. The van der Waals surface area contributed by atoms with Gasteiger partial charge in [-0.25, -0.2) is 13.2 Å². The maximum Gasteiger partial charge on any atom is 0.321 e. The number of methoxy groups -OCH3 is 2. The zero-order chi connectivity index (χ0) is 29.4. The number of nitrogens with zero attached hydrogens (tertiary/aromatic N) is 1. The first-order valence-corrected chi connectivity index (χ1v) is 13.1. The van der Waals surface area contributed by atoms with E-state index in [0.717, 1.165) is 0 Å². The number of primary amides is 1. The minimum absolute atomic E-state index is 0.00272. The molecule has 212 valence electrons. The van der Waals surface area contributed by atoms with Gasteiger partial charge in [0.2, 0.25) is 11.8 Å². The maximum atomic E-state index is 13.6. The average molecular weight is 570 g/mol.